The largest absolute Gasteiger partial charge is 0.506 e. The van der Waals surface area contributed by atoms with Crippen LogP contribution in [0.25, 0.3) is 10.9 Å². The number of amides is 1. The molecule has 0 bridgehead atoms. The number of aromatic nitrogens is 1. The number of phenols is 1. The van der Waals surface area contributed by atoms with Crippen LogP contribution in [0.4, 0.5) is 8.78 Å². The Morgan fingerprint density at radius 3 is 2.42 bits per heavy atom. The van der Waals surface area contributed by atoms with Gasteiger partial charge in [-0.05, 0) is 62.7 Å². The molecule has 31 heavy (non-hydrogen) atoms. The summed E-state index contributed by atoms with van der Waals surface area (Å²) < 4.78 is 30.4. The van der Waals surface area contributed by atoms with Gasteiger partial charge in [-0.3, -0.25) is 14.2 Å². The smallest absolute Gasteiger partial charge is 0.387 e. The number of hydrogen-bond donors (Lipinski definition) is 2. The monoisotopic (exact) mass is 450 g/mol. The van der Waals surface area contributed by atoms with Gasteiger partial charge in [-0.15, -0.1) is 0 Å². The van der Waals surface area contributed by atoms with Gasteiger partial charge in [0, 0.05) is 22.7 Å². The van der Waals surface area contributed by atoms with Crippen LogP contribution in [0.5, 0.6) is 11.5 Å². The van der Waals surface area contributed by atoms with Crippen molar-refractivity contribution in [3.8, 4) is 11.5 Å². The molecule has 1 amide bonds. The summed E-state index contributed by atoms with van der Waals surface area (Å²) in [7, 11) is 0. The number of carbonyl (C=O) groups is 2. The third-order valence-electron chi connectivity index (χ3n) is 4.72. The van der Waals surface area contributed by atoms with Crippen LogP contribution in [0.2, 0.25) is 5.02 Å². The molecule has 3 rings (SSSR count). The van der Waals surface area contributed by atoms with Gasteiger partial charge in [-0.1, -0.05) is 11.6 Å². The van der Waals surface area contributed by atoms with E-state index in [1.165, 1.54) is 41.0 Å². The normalized spacial score (nSPS) is 11.4. The number of carbonyl (C=O) groups excluding carboxylic acids is 2. The van der Waals surface area contributed by atoms with Crippen molar-refractivity contribution in [2.45, 2.75) is 39.8 Å². The lowest BCUT2D eigenvalue weighted by molar-refractivity contribution is -0.120. The second-order valence-corrected chi connectivity index (χ2v) is 7.73. The average molecular weight is 451 g/mol. The van der Waals surface area contributed by atoms with Crippen molar-refractivity contribution in [2.24, 2.45) is 0 Å². The van der Waals surface area contributed by atoms with Gasteiger partial charge in [0.25, 0.3) is 5.91 Å². The SMILES string of the molecule is Cc1c(CC(=O)NC(C)C)c2cc(O)c(Cl)cc2n1C(=O)c1ccc(OC(F)F)cc1. The molecule has 3 aromatic rings. The highest BCUT2D eigenvalue weighted by Crippen LogP contribution is 2.35. The van der Waals surface area contributed by atoms with E-state index in [0.717, 1.165) is 0 Å². The van der Waals surface area contributed by atoms with Crippen molar-refractivity contribution in [3.05, 3.63) is 58.2 Å². The molecule has 6 nitrogen and oxygen atoms in total. The number of fused-ring (bicyclic) bond motifs is 1. The van der Waals surface area contributed by atoms with Crippen molar-refractivity contribution in [3.63, 3.8) is 0 Å². The molecule has 1 aromatic heterocycles. The predicted molar refractivity (Wildman–Crippen MR) is 113 cm³/mol. The standard InChI is InChI=1S/C22H21ClF2N2O4/c1-11(2)26-20(29)9-15-12(3)27(18-10-17(23)19(28)8-16(15)18)21(30)13-4-6-14(7-5-13)31-22(24)25/h4-8,10-11,22,28H,9H2,1-3H3,(H,26,29). The number of rotatable bonds is 6. The first-order valence-electron chi connectivity index (χ1n) is 9.49. The molecule has 0 aliphatic rings. The molecule has 0 atom stereocenters. The third kappa shape index (κ3) is 4.80. The van der Waals surface area contributed by atoms with Gasteiger partial charge in [0.15, 0.2) is 0 Å². The van der Waals surface area contributed by atoms with Gasteiger partial charge in [0.05, 0.1) is 17.0 Å². The minimum absolute atomic E-state index is 0.00301. The Labute approximate surface area is 182 Å². The third-order valence-corrected chi connectivity index (χ3v) is 5.02. The van der Waals surface area contributed by atoms with Crippen molar-refractivity contribution in [1.82, 2.24) is 9.88 Å². The van der Waals surface area contributed by atoms with Crippen molar-refractivity contribution < 1.29 is 28.2 Å². The Morgan fingerprint density at radius 2 is 1.84 bits per heavy atom. The molecule has 0 aliphatic carbocycles. The highest BCUT2D eigenvalue weighted by atomic mass is 35.5. The fraction of sp³-hybridized carbons (Fsp3) is 0.273. The van der Waals surface area contributed by atoms with E-state index in [9.17, 15) is 23.5 Å². The Balaban J connectivity index is 2.09. The van der Waals surface area contributed by atoms with Gasteiger partial charge in [-0.25, -0.2) is 0 Å². The van der Waals surface area contributed by atoms with Crippen LogP contribution in [0.1, 0.15) is 35.5 Å². The molecule has 0 saturated heterocycles. The number of benzene rings is 2. The second-order valence-electron chi connectivity index (χ2n) is 7.33. The quantitative estimate of drug-likeness (QED) is 0.572. The summed E-state index contributed by atoms with van der Waals surface area (Å²) in [6.45, 7) is 2.40. The summed E-state index contributed by atoms with van der Waals surface area (Å²) in [4.78, 5) is 25.6. The van der Waals surface area contributed by atoms with Crippen molar-refractivity contribution in [2.75, 3.05) is 0 Å². The van der Waals surface area contributed by atoms with E-state index in [2.05, 4.69) is 10.1 Å². The summed E-state index contributed by atoms with van der Waals surface area (Å²) in [6, 6.07) is 8.12. The molecule has 0 radical (unpaired) electrons. The molecule has 0 saturated carbocycles. The lowest BCUT2D eigenvalue weighted by Gasteiger charge is -2.10. The number of phenolic OH excluding ortho intramolecular Hbond substituents is 1. The van der Waals surface area contributed by atoms with Crippen LogP contribution in [-0.2, 0) is 11.2 Å². The van der Waals surface area contributed by atoms with E-state index >= 15 is 0 Å². The number of ether oxygens (including phenoxy) is 1. The first-order valence-corrected chi connectivity index (χ1v) is 9.87. The van der Waals surface area contributed by atoms with Gasteiger partial charge < -0.3 is 15.2 Å². The molecular formula is C22H21ClF2N2O4. The number of aromatic hydroxyl groups is 1. The zero-order chi connectivity index (χ0) is 22.9. The topological polar surface area (TPSA) is 80.6 Å². The number of alkyl halides is 2. The number of halogens is 3. The zero-order valence-corrected chi connectivity index (χ0v) is 17.8. The van der Waals surface area contributed by atoms with E-state index in [1.54, 1.807) is 6.92 Å². The minimum Gasteiger partial charge on any atom is -0.506 e. The van der Waals surface area contributed by atoms with Gasteiger partial charge >= 0.3 is 6.61 Å². The number of nitrogens with zero attached hydrogens (tertiary/aromatic N) is 1. The Morgan fingerprint density at radius 1 is 1.19 bits per heavy atom. The number of hydrogen-bond acceptors (Lipinski definition) is 4. The van der Waals surface area contributed by atoms with Gasteiger partial charge in [0.2, 0.25) is 5.91 Å². The maximum absolute atomic E-state index is 13.3. The van der Waals surface area contributed by atoms with E-state index < -0.39 is 12.5 Å². The Bertz CT molecular complexity index is 1140. The lowest BCUT2D eigenvalue weighted by Crippen LogP contribution is -2.31. The molecule has 0 unspecified atom stereocenters. The summed E-state index contributed by atoms with van der Waals surface area (Å²) in [5.41, 5.74) is 1.73. The molecule has 2 aromatic carbocycles. The summed E-state index contributed by atoms with van der Waals surface area (Å²) >= 11 is 6.07. The maximum Gasteiger partial charge on any atom is 0.387 e. The fourth-order valence-corrected chi connectivity index (χ4v) is 3.57. The van der Waals surface area contributed by atoms with E-state index in [4.69, 9.17) is 11.6 Å². The summed E-state index contributed by atoms with van der Waals surface area (Å²) in [5, 5.41) is 13.5. The van der Waals surface area contributed by atoms with E-state index in [1.807, 2.05) is 13.8 Å². The average Bonchev–Trinajstić information content (AvgIpc) is 2.92. The van der Waals surface area contributed by atoms with Crippen LogP contribution in [0.3, 0.4) is 0 Å². The summed E-state index contributed by atoms with van der Waals surface area (Å²) in [6.07, 6.45) is 0.00301. The van der Waals surface area contributed by atoms with E-state index in [0.29, 0.717) is 22.2 Å². The first-order chi connectivity index (χ1) is 14.6. The highest BCUT2D eigenvalue weighted by Gasteiger charge is 2.23. The first kappa shape index (κ1) is 22.6. The van der Waals surface area contributed by atoms with Crippen LogP contribution in [0.15, 0.2) is 36.4 Å². The predicted octanol–water partition coefficient (Wildman–Crippen LogP) is 4.67. The molecular weight excluding hydrogens is 430 g/mol. The van der Waals surface area contributed by atoms with Crippen LogP contribution in [0, 0.1) is 6.92 Å². The molecule has 0 fully saturated rings. The summed E-state index contributed by atoms with van der Waals surface area (Å²) in [5.74, 6) is -0.909. The Kier molecular flexibility index (Phi) is 6.50. The molecule has 0 aliphatic heterocycles. The Hall–Kier alpha value is -3.13. The number of nitrogens with one attached hydrogen (secondary N) is 1. The fourth-order valence-electron chi connectivity index (χ4n) is 3.42. The van der Waals surface area contributed by atoms with Gasteiger partial charge in [0.1, 0.15) is 11.5 Å². The molecule has 0 spiro atoms. The highest BCUT2D eigenvalue weighted by molar-refractivity contribution is 6.33. The second kappa shape index (κ2) is 8.93. The van der Waals surface area contributed by atoms with Crippen LogP contribution in [-0.4, -0.2) is 34.1 Å². The molecule has 164 valence electrons. The van der Waals surface area contributed by atoms with Crippen molar-refractivity contribution in [1.29, 1.82) is 0 Å². The van der Waals surface area contributed by atoms with Crippen LogP contribution >= 0.6 is 11.6 Å². The van der Waals surface area contributed by atoms with E-state index in [-0.39, 0.29) is 40.5 Å². The molecule has 2 N–H and O–H groups in total. The molecule has 1 heterocycles. The molecule has 9 heteroatoms. The lowest BCUT2D eigenvalue weighted by atomic mass is 10.1. The van der Waals surface area contributed by atoms with Gasteiger partial charge in [-0.2, -0.15) is 8.78 Å². The maximum atomic E-state index is 13.3. The zero-order valence-electron chi connectivity index (χ0n) is 17.1. The minimum atomic E-state index is -2.97. The van der Waals surface area contributed by atoms with Crippen LogP contribution < -0.4 is 10.1 Å². The van der Waals surface area contributed by atoms with Crippen molar-refractivity contribution >= 4 is 34.3 Å².